The van der Waals surface area contributed by atoms with Crippen LogP contribution in [-0.4, -0.2) is 11.4 Å². The predicted octanol–water partition coefficient (Wildman–Crippen LogP) is 13.2. The Labute approximate surface area is 289 Å². The number of halogens is 1. The van der Waals surface area contributed by atoms with Gasteiger partial charge in [-0.3, -0.25) is 0 Å². The van der Waals surface area contributed by atoms with Crippen LogP contribution in [0, 0.1) is 6.92 Å². The topological polar surface area (TPSA) is 24.7 Å². The van der Waals surface area contributed by atoms with Gasteiger partial charge in [-0.05, 0) is 60.2 Å². The maximum atomic E-state index is 6.24. The van der Waals surface area contributed by atoms with Crippen LogP contribution in [0.5, 0.6) is 0 Å². The van der Waals surface area contributed by atoms with Crippen LogP contribution in [0.1, 0.15) is 47.9 Å². The van der Waals surface area contributed by atoms with Crippen molar-refractivity contribution in [2.75, 3.05) is 0 Å². The average Bonchev–Trinajstić information content (AvgIpc) is 3.65. The van der Waals surface area contributed by atoms with Gasteiger partial charge in [0.25, 0.3) is 0 Å². The molecule has 47 heavy (non-hydrogen) atoms. The van der Waals surface area contributed by atoms with E-state index in [1.165, 1.54) is 35.8 Å². The molecule has 0 spiro atoms. The van der Waals surface area contributed by atoms with Gasteiger partial charge in [-0.2, -0.15) is 0 Å². The molecule has 0 fully saturated rings. The maximum absolute atomic E-state index is 6.24. The number of allylic oxidation sites excluding steroid dienone is 6. The van der Waals surface area contributed by atoms with Gasteiger partial charge in [-0.1, -0.05) is 130 Å². The van der Waals surface area contributed by atoms with Crippen molar-refractivity contribution >= 4 is 87.2 Å². The number of nitrogens with zero attached hydrogens (tertiary/aromatic N) is 2. The van der Waals surface area contributed by atoms with Crippen molar-refractivity contribution in [1.82, 2.24) is 0 Å². The Kier molecular flexibility index (Phi) is 9.65. The van der Waals surface area contributed by atoms with E-state index in [0.29, 0.717) is 0 Å². The molecular weight excluding hydrogens is 632 g/mol. The molecule has 2 aromatic heterocycles. The van der Waals surface area contributed by atoms with E-state index < -0.39 is 0 Å². The number of hydrogen-bond acceptors (Lipinski definition) is 4. The van der Waals surface area contributed by atoms with E-state index >= 15 is 0 Å². The summed E-state index contributed by atoms with van der Waals surface area (Å²) in [4.78, 5) is 10.8. The van der Waals surface area contributed by atoms with Crippen molar-refractivity contribution < 1.29 is 0 Å². The summed E-state index contributed by atoms with van der Waals surface area (Å²) in [5.41, 5.74) is 8.98. The van der Waals surface area contributed by atoms with E-state index in [0.717, 1.165) is 49.8 Å². The second kappa shape index (κ2) is 14.0. The molecule has 0 saturated heterocycles. The van der Waals surface area contributed by atoms with Crippen molar-refractivity contribution in [2.24, 2.45) is 9.98 Å². The molecule has 5 heteroatoms. The Morgan fingerprint density at radius 2 is 1.28 bits per heavy atom. The Bertz CT molecular complexity index is 2320. The fourth-order valence-electron chi connectivity index (χ4n) is 5.81. The standard InChI is InChI=1S/C40H29ClN2S2.C2H6/c1-24(28-17-19-29(20-18-28)39(43-27(4)41)40-25(2)32-12-6-9-15-36(32)45-40)31-11-5-8-14-35(31)42-26(3)30-21-22-34-33-13-7-10-16-37(33)44-38(34)23-30;1-2/h5-23H,3-4H2,1-2H3;1-2H3/b31-24+,42-35?,43-39-;. The first-order valence-corrected chi connectivity index (χ1v) is 17.7. The van der Waals surface area contributed by atoms with Gasteiger partial charge in [0.15, 0.2) is 0 Å². The van der Waals surface area contributed by atoms with Crippen molar-refractivity contribution in [3.05, 3.63) is 166 Å². The maximum Gasteiger partial charge on any atom is 0.122 e. The first-order chi connectivity index (χ1) is 22.9. The zero-order valence-corrected chi connectivity index (χ0v) is 29.4. The Morgan fingerprint density at radius 3 is 1.98 bits per heavy atom. The lowest BCUT2D eigenvalue weighted by atomic mass is 9.93. The molecule has 0 aliphatic heterocycles. The number of benzene rings is 4. The lowest BCUT2D eigenvalue weighted by Crippen LogP contribution is -2.05. The molecule has 1 aliphatic carbocycles. The highest BCUT2D eigenvalue weighted by molar-refractivity contribution is 7.25. The molecule has 0 N–H and O–H groups in total. The Balaban J connectivity index is 0.00000190. The van der Waals surface area contributed by atoms with E-state index in [9.17, 15) is 0 Å². The molecule has 0 bridgehead atoms. The smallest absolute Gasteiger partial charge is 0.122 e. The number of rotatable bonds is 6. The zero-order chi connectivity index (χ0) is 33.1. The number of aliphatic imine (C=N–C) groups is 2. The van der Waals surface area contributed by atoms with Crippen LogP contribution in [-0.2, 0) is 0 Å². The molecule has 0 radical (unpaired) electrons. The van der Waals surface area contributed by atoms with Crippen LogP contribution in [0.3, 0.4) is 0 Å². The van der Waals surface area contributed by atoms with Gasteiger partial charge in [0.2, 0.25) is 0 Å². The van der Waals surface area contributed by atoms with Crippen LogP contribution in [0.2, 0.25) is 0 Å². The summed E-state index contributed by atoms with van der Waals surface area (Å²) in [5.74, 6) is 0. The molecular formula is C42H35ClN2S2. The normalized spacial score (nSPS) is 14.9. The van der Waals surface area contributed by atoms with Gasteiger partial charge in [0.05, 0.1) is 22.0 Å². The molecule has 6 aromatic rings. The molecule has 0 saturated carbocycles. The second-order valence-electron chi connectivity index (χ2n) is 11.0. The van der Waals surface area contributed by atoms with Crippen molar-refractivity contribution in [3.8, 4) is 0 Å². The second-order valence-corrected chi connectivity index (χ2v) is 13.5. The highest BCUT2D eigenvalue weighted by atomic mass is 35.5. The highest BCUT2D eigenvalue weighted by Gasteiger charge is 2.17. The zero-order valence-electron chi connectivity index (χ0n) is 27.0. The summed E-state index contributed by atoms with van der Waals surface area (Å²) in [7, 11) is 0. The van der Waals surface area contributed by atoms with Crippen LogP contribution in [0.4, 0.5) is 0 Å². The largest absolute Gasteiger partial charge is 0.248 e. The minimum absolute atomic E-state index is 0.260. The summed E-state index contributed by atoms with van der Waals surface area (Å²) >= 11 is 9.77. The van der Waals surface area contributed by atoms with Gasteiger partial charge < -0.3 is 0 Å². The van der Waals surface area contributed by atoms with Gasteiger partial charge in [0.1, 0.15) is 5.16 Å². The van der Waals surface area contributed by atoms with E-state index in [2.05, 4.69) is 141 Å². The molecule has 0 atom stereocenters. The highest BCUT2D eigenvalue weighted by Crippen LogP contribution is 2.36. The molecule has 1 aliphatic rings. The molecule has 2 heterocycles. The van der Waals surface area contributed by atoms with Gasteiger partial charge >= 0.3 is 0 Å². The van der Waals surface area contributed by atoms with Crippen molar-refractivity contribution in [3.63, 3.8) is 0 Å². The minimum atomic E-state index is 0.260. The van der Waals surface area contributed by atoms with Crippen LogP contribution < -0.4 is 0 Å². The van der Waals surface area contributed by atoms with Gasteiger partial charge in [-0.15, -0.1) is 22.7 Å². The van der Waals surface area contributed by atoms with Crippen molar-refractivity contribution in [2.45, 2.75) is 27.7 Å². The quantitative estimate of drug-likeness (QED) is 0.125. The van der Waals surface area contributed by atoms with Crippen LogP contribution in [0.25, 0.3) is 41.5 Å². The number of fused-ring (bicyclic) bond motifs is 4. The third kappa shape index (κ3) is 6.50. The summed E-state index contributed by atoms with van der Waals surface area (Å²) in [6.45, 7) is 16.5. The first kappa shape index (κ1) is 32.3. The third-order valence-electron chi connectivity index (χ3n) is 8.16. The van der Waals surface area contributed by atoms with Crippen molar-refractivity contribution in [1.29, 1.82) is 0 Å². The number of aryl methyl sites for hydroxylation is 1. The summed E-state index contributed by atoms with van der Waals surface area (Å²) in [6.07, 6.45) is 8.25. The Morgan fingerprint density at radius 1 is 0.681 bits per heavy atom. The van der Waals surface area contributed by atoms with E-state index in [1.54, 1.807) is 22.7 Å². The van der Waals surface area contributed by atoms with E-state index in [4.69, 9.17) is 16.6 Å². The minimum Gasteiger partial charge on any atom is -0.248 e. The molecule has 0 amide bonds. The van der Waals surface area contributed by atoms with E-state index in [1.807, 2.05) is 19.9 Å². The fourth-order valence-corrected chi connectivity index (χ4v) is 8.26. The molecule has 0 unspecified atom stereocenters. The van der Waals surface area contributed by atoms with Gasteiger partial charge in [0, 0.05) is 41.6 Å². The summed E-state index contributed by atoms with van der Waals surface area (Å²) < 4.78 is 3.76. The lowest BCUT2D eigenvalue weighted by molar-refractivity contribution is 1.46. The number of thiophene rings is 2. The molecule has 4 aromatic carbocycles. The van der Waals surface area contributed by atoms with Crippen LogP contribution in [0.15, 0.2) is 149 Å². The molecule has 2 nitrogen and oxygen atoms in total. The first-order valence-electron chi connectivity index (χ1n) is 15.6. The third-order valence-corrected chi connectivity index (χ3v) is 10.7. The van der Waals surface area contributed by atoms with Crippen LogP contribution >= 0.6 is 34.3 Å². The monoisotopic (exact) mass is 666 g/mol. The predicted molar refractivity (Wildman–Crippen MR) is 212 cm³/mol. The van der Waals surface area contributed by atoms with Gasteiger partial charge in [-0.25, -0.2) is 9.98 Å². The molecule has 232 valence electrons. The Hall–Kier alpha value is -4.61. The molecule has 7 rings (SSSR count). The number of hydrogen-bond donors (Lipinski definition) is 0. The lowest BCUT2D eigenvalue weighted by Gasteiger charge is -2.14. The SMILES string of the molecule is C=C(Cl)/N=C(/c1ccc(/C(C)=C2\C=CC=CC2=NC(=C)c2ccc3c(c2)sc2ccccc23)cc1)c1sc2ccccc2c1C.CC. The fraction of sp³-hybridized carbons (Fsp3) is 0.0952. The summed E-state index contributed by atoms with van der Waals surface area (Å²) in [6, 6.07) is 32.0. The average molecular weight is 667 g/mol. The summed E-state index contributed by atoms with van der Waals surface area (Å²) in [5, 5.41) is 4.05. The van der Waals surface area contributed by atoms with E-state index in [-0.39, 0.29) is 5.16 Å².